The fraction of sp³-hybridized carbons (Fsp3) is 0.722. The lowest BCUT2D eigenvalue weighted by atomic mass is 9.96. The van der Waals surface area contributed by atoms with Crippen molar-refractivity contribution in [1.82, 2.24) is 9.88 Å². The van der Waals surface area contributed by atoms with E-state index in [1.54, 1.807) is 33.9 Å². The zero-order valence-corrected chi connectivity index (χ0v) is 15.5. The van der Waals surface area contributed by atoms with Crippen LogP contribution in [0, 0.1) is 5.41 Å². The van der Waals surface area contributed by atoms with E-state index in [0.29, 0.717) is 11.3 Å². The van der Waals surface area contributed by atoms with Crippen molar-refractivity contribution in [3.8, 4) is 0 Å². The Morgan fingerprint density at radius 2 is 1.85 bits per heavy atom. The molecular weight excluding hydrogens is 349 g/mol. The number of nitrogens with zero attached hydrogens (tertiary/aromatic N) is 2. The Bertz CT molecular complexity index is 595. The molecule has 0 saturated heterocycles. The Kier molecular flexibility index (Phi) is 6.02. The predicted molar refractivity (Wildman–Crippen MR) is 90.1 cm³/mol. The van der Waals surface area contributed by atoms with Gasteiger partial charge in [-0.3, -0.25) is 9.88 Å². The molecule has 148 valence electrons. The van der Waals surface area contributed by atoms with Gasteiger partial charge in [0.15, 0.2) is 0 Å². The van der Waals surface area contributed by atoms with Crippen LogP contribution in [-0.4, -0.2) is 51.9 Å². The van der Waals surface area contributed by atoms with Gasteiger partial charge in [0.1, 0.15) is 6.10 Å². The Hall–Kier alpha value is -1.22. The molecule has 0 spiro atoms. The first kappa shape index (κ1) is 21.1. The van der Waals surface area contributed by atoms with Gasteiger partial charge in [-0.05, 0) is 58.7 Å². The van der Waals surface area contributed by atoms with Crippen LogP contribution in [0.2, 0.25) is 0 Å². The third-order valence-electron chi connectivity index (χ3n) is 4.48. The molecule has 0 bridgehead atoms. The van der Waals surface area contributed by atoms with Crippen LogP contribution in [0.25, 0.3) is 0 Å². The first-order valence-corrected chi connectivity index (χ1v) is 8.59. The molecule has 1 aromatic heterocycles. The van der Waals surface area contributed by atoms with E-state index < -0.39 is 29.7 Å². The largest absolute Gasteiger partial charge is 0.394 e. The maximum Gasteiger partial charge on any atom is 0.394 e. The summed E-state index contributed by atoms with van der Waals surface area (Å²) in [4.78, 5) is 5.52. The zero-order chi connectivity index (χ0) is 19.8. The molecule has 1 aliphatic rings. The van der Waals surface area contributed by atoms with Crippen molar-refractivity contribution < 1.29 is 28.1 Å². The number of hydrogen-bond acceptors (Lipinski definition) is 5. The van der Waals surface area contributed by atoms with Crippen LogP contribution in [0.3, 0.4) is 0 Å². The summed E-state index contributed by atoms with van der Waals surface area (Å²) in [5.41, 5.74) is -1.32. The summed E-state index contributed by atoms with van der Waals surface area (Å²) in [7, 11) is 1.59. The van der Waals surface area contributed by atoms with Crippen molar-refractivity contribution in [2.75, 3.05) is 13.6 Å². The molecule has 2 N–H and O–H groups in total. The minimum Gasteiger partial charge on any atom is -0.385 e. The highest BCUT2D eigenvalue weighted by Crippen LogP contribution is 2.59. The Morgan fingerprint density at radius 3 is 2.27 bits per heavy atom. The quantitative estimate of drug-likeness (QED) is 0.716. The van der Waals surface area contributed by atoms with Gasteiger partial charge in [0.25, 0.3) is 0 Å². The number of hydrogen-bond donors (Lipinski definition) is 2. The molecule has 1 aromatic rings. The van der Waals surface area contributed by atoms with Crippen molar-refractivity contribution in [2.24, 2.45) is 5.41 Å². The van der Waals surface area contributed by atoms with E-state index in [4.69, 9.17) is 4.74 Å². The summed E-state index contributed by atoms with van der Waals surface area (Å²) in [5.74, 6) is 0. The number of aliphatic hydroxyl groups is 2. The Labute approximate surface area is 151 Å². The van der Waals surface area contributed by atoms with Gasteiger partial charge in [-0.1, -0.05) is 6.07 Å². The predicted octanol–water partition coefficient (Wildman–Crippen LogP) is 3.02. The van der Waals surface area contributed by atoms with Crippen LogP contribution in [0.4, 0.5) is 13.2 Å². The van der Waals surface area contributed by atoms with Gasteiger partial charge >= 0.3 is 6.18 Å². The van der Waals surface area contributed by atoms with Crippen LogP contribution >= 0.6 is 0 Å². The topological polar surface area (TPSA) is 65.8 Å². The van der Waals surface area contributed by atoms with E-state index in [1.807, 2.05) is 0 Å². The lowest BCUT2D eigenvalue weighted by Crippen LogP contribution is -2.41. The van der Waals surface area contributed by atoms with Gasteiger partial charge in [0.2, 0.25) is 6.41 Å². The Morgan fingerprint density at radius 1 is 1.23 bits per heavy atom. The summed E-state index contributed by atoms with van der Waals surface area (Å²) in [6.07, 6.45) is -4.79. The van der Waals surface area contributed by atoms with E-state index >= 15 is 0 Å². The van der Waals surface area contributed by atoms with Crippen molar-refractivity contribution >= 4 is 0 Å². The molecule has 1 saturated carbocycles. The van der Waals surface area contributed by atoms with Gasteiger partial charge in [0, 0.05) is 12.7 Å². The molecule has 2 rings (SSSR count). The summed E-state index contributed by atoms with van der Waals surface area (Å²) in [6.45, 7) is 5.47. The molecule has 8 heteroatoms. The van der Waals surface area contributed by atoms with Gasteiger partial charge in [-0.2, -0.15) is 13.2 Å². The summed E-state index contributed by atoms with van der Waals surface area (Å²) in [6, 6.07) is 3.09. The minimum absolute atomic E-state index is 0.0656. The summed E-state index contributed by atoms with van der Waals surface area (Å²) >= 11 is 0. The lowest BCUT2D eigenvalue weighted by Gasteiger charge is -2.31. The molecule has 0 aliphatic heterocycles. The summed E-state index contributed by atoms with van der Waals surface area (Å²) in [5, 5.41) is 20.2. The molecule has 5 nitrogen and oxygen atoms in total. The van der Waals surface area contributed by atoms with Gasteiger partial charge in [-0.15, -0.1) is 0 Å². The van der Waals surface area contributed by atoms with Crippen LogP contribution in [-0.2, 0) is 11.2 Å². The monoisotopic (exact) mass is 376 g/mol. The number of pyridine rings is 1. The number of alkyl halides is 3. The highest BCUT2D eigenvalue weighted by molar-refractivity contribution is 5.20. The molecule has 0 radical (unpaired) electrons. The van der Waals surface area contributed by atoms with Crippen LogP contribution in [0.15, 0.2) is 18.3 Å². The second-order valence-electron chi connectivity index (χ2n) is 8.06. The SMILES string of the molecule is CN(CC(O)c1ccc(CC2(C(F)(F)F)CC2)cn1)C(O)OC(C)(C)C. The molecule has 2 unspecified atom stereocenters. The lowest BCUT2D eigenvalue weighted by molar-refractivity contribution is -0.236. The molecule has 1 aliphatic carbocycles. The fourth-order valence-corrected chi connectivity index (χ4v) is 2.70. The van der Waals surface area contributed by atoms with Crippen LogP contribution in [0.1, 0.15) is 51.0 Å². The molecule has 26 heavy (non-hydrogen) atoms. The number of rotatable bonds is 7. The number of aliphatic hydroxyl groups excluding tert-OH is 2. The maximum absolute atomic E-state index is 13.0. The van der Waals surface area contributed by atoms with Crippen LogP contribution in [0.5, 0.6) is 0 Å². The zero-order valence-electron chi connectivity index (χ0n) is 15.5. The average Bonchev–Trinajstić information content (AvgIpc) is 3.26. The molecule has 1 heterocycles. The second-order valence-corrected chi connectivity index (χ2v) is 8.06. The minimum atomic E-state index is -4.20. The van der Waals surface area contributed by atoms with Crippen molar-refractivity contribution in [3.05, 3.63) is 29.6 Å². The van der Waals surface area contributed by atoms with Crippen LogP contribution < -0.4 is 0 Å². The average molecular weight is 376 g/mol. The molecule has 1 fully saturated rings. The van der Waals surface area contributed by atoms with E-state index in [-0.39, 0.29) is 25.8 Å². The van der Waals surface area contributed by atoms with E-state index in [0.717, 1.165) is 0 Å². The van der Waals surface area contributed by atoms with Gasteiger partial charge < -0.3 is 14.9 Å². The molecule has 0 amide bonds. The number of ether oxygens (including phenoxy) is 1. The second kappa shape index (κ2) is 7.42. The number of aromatic nitrogens is 1. The maximum atomic E-state index is 13.0. The Balaban J connectivity index is 1.93. The molecular formula is C18H27F3N2O3. The molecule has 0 aromatic carbocycles. The number of halogens is 3. The first-order valence-electron chi connectivity index (χ1n) is 8.59. The third-order valence-corrected chi connectivity index (χ3v) is 4.48. The molecule has 2 atom stereocenters. The van der Waals surface area contributed by atoms with E-state index in [2.05, 4.69) is 4.98 Å². The fourth-order valence-electron chi connectivity index (χ4n) is 2.70. The normalized spacial score (nSPS) is 19.5. The summed E-state index contributed by atoms with van der Waals surface area (Å²) < 4.78 is 44.5. The number of likely N-dealkylation sites (N-methyl/N-ethyl adjacent to an activating group) is 1. The van der Waals surface area contributed by atoms with E-state index in [9.17, 15) is 23.4 Å². The smallest absolute Gasteiger partial charge is 0.385 e. The van der Waals surface area contributed by atoms with Crippen molar-refractivity contribution in [2.45, 2.75) is 64.3 Å². The van der Waals surface area contributed by atoms with Gasteiger partial charge in [-0.25, -0.2) is 0 Å². The first-order chi connectivity index (χ1) is 11.8. The standard InChI is InChI=1S/C18H27F3N2O3/c1-16(2,3)26-15(25)23(4)11-14(24)13-6-5-12(10-22-13)9-17(7-8-17)18(19,20)21/h5-6,10,14-15,24-25H,7-9,11H2,1-4H3. The highest BCUT2D eigenvalue weighted by Gasteiger charge is 2.62. The highest BCUT2D eigenvalue weighted by atomic mass is 19.4. The van der Waals surface area contributed by atoms with Crippen molar-refractivity contribution in [1.29, 1.82) is 0 Å². The third kappa shape index (κ3) is 5.39. The van der Waals surface area contributed by atoms with Gasteiger partial charge in [0.05, 0.1) is 16.7 Å². The van der Waals surface area contributed by atoms with Crippen molar-refractivity contribution in [3.63, 3.8) is 0 Å². The van der Waals surface area contributed by atoms with E-state index in [1.165, 1.54) is 17.2 Å².